The van der Waals surface area contributed by atoms with E-state index < -0.39 is 11.2 Å². The minimum Gasteiger partial charge on any atom is -0.360 e. The van der Waals surface area contributed by atoms with Gasteiger partial charge in [-0.3, -0.25) is 13.9 Å². The molecule has 9 heteroatoms. The van der Waals surface area contributed by atoms with E-state index in [4.69, 9.17) is 4.98 Å². The van der Waals surface area contributed by atoms with E-state index in [1.807, 2.05) is 18.2 Å². The fourth-order valence-electron chi connectivity index (χ4n) is 4.71. The second-order valence-electron chi connectivity index (χ2n) is 8.83. The Hall–Kier alpha value is -3.72. The van der Waals surface area contributed by atoms with Gasteiger partial charge in [-0.25, -0.2) is 14.2 Å². The lowest BCUT2D eigenvalue weighted by Crippen LogP contribution is -3.13. The van der Waals surface area contributed by atoms with E-state index >= 15 is 0 Å². The van der Waals surface area contributed by atoms with Crippen LogP contribution in [0.3, 0.4) is 0 Å². The molecule has 1 fully saturated rings. The molecule has 0 unspecified atom stereocenters. The Bertz CT molecular complexity index is 1450. The highest BCUT2D eigenvalue weighted by Crippen LogP contribution is 2.16. The number of imidazole rings is 1. The van der Waals surface area contributed by atoms with Gasteiger partial charge in [-0.1, -0.05) is 36.4 Å². The van der Waals surface area contributed by atoms with Gasteiger partial charge in [-0.2, -0.15) is 0 Å². The number of anilines is 1. The van der Waals surface area contributed by atoms with Crippen molar-refractivity contribution in [2.45, 2.75) is 13.1 Å². The summed E-state index contributed by atoms with van der Waals surface area (Å²) in [5.41, 5.74) is 1.50. The maximum absolute atomic E-state index is 14.5. The van der Waals surface area contributed by atoms with Crippen molar-refractivity contribution in [1.82, 2.24) is 18.7 Å². The van der Waals surface area contributed by atoms with E-state index in [0.717, 1.165) is 30.7 Å². The smallest absolute Gasteiger partial charge is 0.332 e. The zero-order valence-electron chi connectivity index (χ0n) is 19.4. The molecule has 4 aromatic rings. The zero-order chi connectivity index (χ0) is 23.8. The maximum atomic E-state index is 14.5. The number of quaternary nitrogens is 1. The lowest BCUT2D eigenvalue weighted by molar-refractivity contribution is -0.915. The molecule has 0 spiro atoms. The number of piperazine rings is 1. The standard InChI is InChI=1S/C25H27FN6O2/c1-28-23-22(24(33)29(2)25(28)34)32(16-18-8-6-7-11-20(18)26)21(27-23)17-30-12-14-31(15-13-30)19-9-4-3-5-10-19/h3-11H,12-17H2,1-2H3/p+1. The highest BCUT2D eigenvalue weighted by Gasteiger charge is 2.25. The van der Waals surface area contributed by atoms with Crippen molar-refractivity contribution in [1.29, 1.82) is 0 Å². The second-order valence-corrected chi connectivity index (χ2v) is 8.83. The summed E-state index contributed by atoms with van der Waals surface area (Å²) >= 11 is 0. The van der Waals surface area contributed by atoms with Crippen LogP contribution in [-0.4, -0.2) is 44.9 Å². The molecule has 0 radical (unpaired) electrons. The average Bonchev–Trinajstić information content (AvgIpc) is 3.21. The van der Waals surface area contributed by atoms with Crippen molar-refractivity contribution in [3.63, 3.8) is 0 Å². The van der Waals surface area contributed by atoms with E-state index in [1.54, 1.807) is 29.8 Å². The molecule has 2 aromatic carbocycles. The fourth-order valence-corrected chi connectivity index (χ4v) is 4.71. The molecule has 1 N–H and O–H groups in total. The van der Waals surface area contributed by atoms with Crippen molar-refractivity contribution < 1.29 is 9.29 Å². The van der Waals surface area contributed by atoms with Crippen LogP contribution in [-0.2, 0) is 27.2 Å². The van der Waals surface area contributed by atoms with Crippen LogP contribution in [0.15, 0.2) is 64.2 Å². The molecule has 0 saturated carbocycles. The van der Waals surface area contributed by atoms with Gasteiger partial charge in [0, 0.05) is 25.3 Å². The van der Waals surface area contributed by atoms with Crippen LogP contribution < -0.4 is 21.0 Å². The molecule has 0 aliphatic carbocycles. The number of hydrogen-bond acceptors (Lipinski definition) is 4. The van der Waals surface area contributed by atoms with Crippen LogP contribution >= 0.6 is 0 Å². The summed E-state index contributed by atoms with van der Waals surface area (Å²) in [7, 11) is 3.07. The number of aromatic nitrogens is 4. The Morgan fingerprint density at radius 3 is 2.32 bits per heavy atom. The monoisotopic (exact) mass is 463 g/mol. The van der Waals surface area contributed by atoms with Crippen LogP contribution in [0.5, 0.6) is 0 Å². The summed E-state index contributed by atoms with van der Waals surface area (Å²) in [4.78, 5) is 34.0. The highest BCUT2D eigenvalue weighted by atomic mass is 19.1. The number of halogens is 1. The molecule has 176 valence electrons. The van der Waals surface area contributed by atoms with E-state index in [-0.39, 0.29) is 12.4 Å². The van der Waals surface area contributed by atoms with Crippen LogP contribution in [0.4, 0.5) is 10.1 Å². The first kappa shape index (κ1) is 22.1. The zero-order valence-corrected chi connectivity index (χ0v) is 19.4. The minimum atomic E-state index is -0.427. The quantitative estimate of drug-likeness (QED) is 0.469. The summed E-state index contributed by atoms with van der Waals surface area (Å²) in [5, 5.41) is 0. The number of hydrogen-bond donors (Lipinski definition) is 1. The Morgan fingerprint density at radius 1 is 0.941 bits per heavy atom. The van der Waals surface area contributed by atoms with E-state index in [2.05, 4.69) is 17.0 Å². The molecular weight excluding hydrogens is 435 g/mol. The molecule has 2 aromatic heterocycles. The van der Waals surface area contributed by atoms with Gasteiger partial charge < -0.3 is 14.4 Å². The predicted octanol–water partition coefficient (Wildman–Crippen LogP) is 0.526. The Balaban J connectivity index is 1.50. The largest absolute Gasteiger partial charge is 0.360 e. The molecular formula is C25H28FN6O2+. The summed E-state index contributed by atoms with van der Waals surface area (Å²) < 4.78 is 18.8. The molecule has 1 aliphatic rings. The van der Waals surface area contributed by atoms with Crippen molar-refractivity contribution in [3.05, 3.63) is 92.6 Å². The van der Waals surface area contributed by atoms with Gasteiger partial charge in [0.2, 0.25) is 0 Å². The number of rotatable bonds is 5. The third-order valence-corrected chi connectivity index (χ3v) is 6.71. The Labute approximate surface area is 196 Å². The van der Waals surface area contributed by atoms with Gasteiger partial charge >= 0.3 is 5.69 Å². The van der Waals surface area contributed by atoms with Crippen LogP contribution in [0.2, 0.25) is 0 Å². The number of benzene rings is 2. The summed E-state index contributed by atoms with van der Waals surface area (Å²) in [6, 6.07) is 16.9. The van der Waals surface area contributed by atoms with Gasteiger partial charge in [0.25, 0.3) is 5.56 Å². The van der Waals surface area contributed by atoms with E-state index in [0.29, 0.717) is 29.1 Å². The number of para-hydroxylation sites is 1. The fraction of sp³-hybridized carbons (Fsp3) is 0.320. The van der Waals surface area contributed by atoms with Gasteiger partial charge in [-0.15, -0.1) is 0 Å². The summed E-state index contributed by atoms with van der Waals surface area (Å²) in [6.07, 6.45) is 0. The second kappa shape index (κ2) is 8.90. The third kappa shape index (κ3) is 3.92. The first-order valence-corrected chi connectivity index (χ1v) is 11.5. The van der Waals surface area contributed by atoms with Crippen LogP contribution in [0.1, 0.15) is 11.4 Å². The maximum Gasteiger partial charge on any atom is 0.332 e. The molecule has 1 saturated heterocycles. The number of nitrogens with zero attached hydrogens (tertiary/aromatic N) is 5. The van der Waals surface area contributed by atoms with Crippen LogP contribution in [0.25, 0.3) is 11.2 Å². The molecule has 5 rings (SSSR count). The SMILES string of the molecule is Cn1c(=O)c2c(nc(C[NH+]3CCN(c4ccccc4)CC3)n2Cc2ccccc2F)n(C)c1=O. The topological polar surface area (TPSA) is 69.5 Å². The van der Waals surface area contributed by atoms with Gasteiger partial charge in [0.1, 0.15) is 12.4 Å². The lowest BCUT2D eigenvalue weighted by atomic mass is 10.2. The third-order valence-electron chi connectivity index (χ3n) is 6.71. The van der Waals surface area contributed by atoms with Crippen LogP contribution in [0, 0.1) is 5.82 Å². The average molecular weight is 464 g/mol. The van der Waals surface area contributed by atoms with E-state index in [1.165, 1.54) is 28.3 Å². The lowest BCUT2D eigenvalue weighted by Gasteiger charge is -2.33. The van der Waals surface area contributed by atoms with Crippen molar-refractivity contribution in [2.75, 3.05) is 31.1 Å². The number of aryl methyl sites for hydroxylation is 1. The molecule has 8 nitrogen and oxygen atoms in total. The molecule has 34 heavy (non-hydrogen) atoms. The number of fused-ring (bicyclic) bond motifs is 1. The highest BCUT2D eigenvalue weighted by molar-refractivity contribution is 5.71. The molecule has 1 aliphatic heterocycles. The molecule has 0 amide bonds. The summed E-state index contributed by atoms with van der Waals surface area (Å²) in [5.74, 6) is 0.348. The van der Waals surface area contributed by atoms with E-state index in [9.17, 15) is 14.0 Å². The predicted molar refractivity (Wildman–Crippen MR) is 129 cm³/mol. The normalized spacial score (nSPS) is 14.7. The Morgan fingerprint density at radius 2 is 1.62 bits per heavy atom. The first-order chi connectivity index (χ1) is 16.4. The molecule has 0 bridgehead atoms. The van der Waals surface area contributed by atoms with Gasteiger partial charge in [0.05, 0.1) is 32.7 Å². The van der Waals surface area contributed by atoms with Gasteiger partial charge in [0.15, 0.2) is 17.0 Å². The van der Waals surface area contributed by atoms with Gasteiger partial charge in [-0.05, 0) is 18.2 Å². The Kier molecular flexibility index (Phi) is 5.79. The number of nitrogens with one attached hydrogen (secondary N) is 1. The minimum absolute atomic E-state index is 0.176. The van der Waals surface area contributed by atoms with Crippen molar-refractivity contribution in [2.24, 2.45) is 14.1 Å². The first-order valence-electron chi connectivity index (χ1n) is 11.5. The molecule has 0 atom stereocenters. The molecule has 3 heterocycles. The van der Waals surface area contributed by atoms with Crippen molar-refractivity contribution in [3.8, 4) is 0 Å². The van der Waals surface area contributed by atoms with Crippen molar-refractivity contribution >= 4 is 16.9 Å². The summed E-state index contributed by atoms with van der Waals surface area (Å²) in [6.45, 7) is 4.40.